The van der Waals surface area contributed by atoms with E-state index < -0.39 is 0 Å². The number of fused-ring (bicyclic) bond motifs is 1. The van der Waals surface area contributed by atoms with Crippen molar-refractivity contribution in [1.29, 1.82) is 0 Å². The van der Waals surface area contributed by atoms with Crippen LogP contribution in [0.1, 0.15) is 43.5 Å². The topological polar surface area (TPSA) is 46.6 Å². The number of rotatable bonds is 5. The average Bonchev–Trinajstić information content (AvgIpc) is 2.40. The standard InChI is InChI=1S/C15H19NO3/c1-3-4-5-8-16-13-9-12(11(2)17)6-7-14(13)19-10-15(16)18/h6-7,9H,3-5,8,10H2,1-2H3. The van der Waals surface area contributed by atoms with E-state index in [0.29, 0.717) is 17.9 Å². The van der Waals surface area contributed by atoms with Crippen LogP contribution in [0, 0.1) is 0 Å². The number of carbonyl (C=O) groups is 2. The van der Waals surface area contributed by atoms with Gasteiger partial charge in [0, 0.05) is 12.1 Å². The third kappa shape index (κ3) is 2.95. The number of nitrogens with zero attached hydrogens (tertiary/aromatic N) is 1. The maximum Gasteiger partial charge on any atom is 0.265 e. The first-order valence-corrected chi connectivity index (χ1v) is 6.71. The minimum atomic E-state index is -0.0377. The van der Waals surface area contributed by atoms with Crippen LogP contribution in [0.2, 0.25) is 0 Å². The number of hydrogen-bond donors (Lipinski definition) is 0. The van der Waals surface area contributed by atoms with Gasteiger partial charge in [0.05, 0.1) is 5.69 Å². The number of Topliss-reactive ketones (excluding diaryl/α,β-unsaturated/α-hetero) is 1. The Morgan fingerprint density at radius 2 is 2.16 bits per heavy atom. The molecule has 4 heteroatoms. The molecule has 1 aliphatic rings. The maximum atomic E-state index is 11.9. The third-order valence-electron chi connectivity index (χ3n) is 3.29. The second-order valence-electron chi connectivity index (χ2n) is 4.78. The fourth-order valence-electron chi connectivity index (χ4n) is 2.19. The van der Waals surface area contributed by atoms with Crippen LogP contribution in [0.3, 0.4) is 0 Å². The van der Waals surface area contributed by atoms with E-state index in [0.717, 1.165) is 24.9 Å². The van der Waals surface area contributed by atoms with E-state index in [9.17, 15) is 9.59 Å². The monoisotopic (exact) mass is 261 g/mol. The zero-order chi connectivity index (χ0) is 13.8. The zero-order valence-corrected chi connectivity index (χ0v) is 11.4. The van der Waals surface area contributed by atoms with E-state index in [1.807, 2.05) is 0 Å². The lowest BCUT2D eigenvalue weighted by molar-refractivity contribution is -0.121. The summed E-state index contributed by atoms with van der Waals surface area (Å²) in [6.45, 7) is 4.42. The van der Waals surface area contributed by atoms with Gasteiger partial charge in [-0.1, -0.05) is 19.8 Å². The van der Waals surface area contributed by atoms with Crippen molar-refractivity contribution in [3.63, 3.8) is 0 Å². The number of hydrogen-bond acceptors (Lipinski definition) is 3. The smallest absolute Gasteiger partial charge is 0.265 e. The van der Waals surface area contributed by atoms with Crippen molar-refractivity contribution in [1.82, 2.24) is 0 Å². The summed E-state index contributed by atoms with van der Waals surface area (Å²) in [5.41, 5.74) is 1.33. The fraction of sp³-hybridized carbons (Fsp3) is 0.467. The second kappa shape index (κ2) is 5.87. The van der Waals surface area contributed by atoms with E-state index in [1.165, 1.54) is 6.92 Å². The average molecular weight is 261 g/mol. The molecular formula is C15H19NO3. The highest BCUT2D eigenvalue weighted by Crippen LogP contribution is 2.33. The number of unbranched alkanes of at least 4 members (excludes halogenated alkanes) is 2. The van der Waals surface area contributed by atoms with Crippen LogP contribution in [0.15, 0.2) is 18.2 Å². The van der Waals surface area contributed by atoms with Crippen LogP contribution in [-0.2, 0) is 4.79 Å². The zero-order valence-electron chi connectivity index (χ0n) is 11.4. The Balaban J connectivity index is 2.27. The van der Waals surface area contributed by atoms with Crippen molar-refractivity contribution in [2.24, 2.45) is 0 Å². The Morgan fingerprint density at radius 3 is 2.84 bits per heavy atom. The van der Waals surface area contributed by atoms with Crippen molar-refractivity contribution in [2.75, 3.05) is 18.1 Å². The molecule has 0 bridgehead atoms. The van der Waals surface area contributed by atoms with Gasteiger partial charge in [0.1, 0.15) is 5.75 Å². The van der Waals surface area contributed by atoms with Crippen LogP contribution < -0.4 is 9.64 Å². The van der Waals surface area contributed by atoms with Crippen molar-refractivity contribution < 1.29 is 14.3 Å². The lowest BCUT2D eigenvalue weighted by Crippen LogP contribution is -2.39. The van der Waals surface area contributed by atoms with Crippen LogP contribution in [0.5, 0.6) is 5.75 Å². The van der Waals surface area contributed by atoms with Gasteiger partial charge < -0.3 is 9.64 Å². The van der Waals surface area contributed by atoms with Crippen molar-refractivity contribution >= 4 is 17.4 Å². The number of carbonyl (C=O) groups excluding carboxylic acids is 2. The molecule has 0 fully saturated rings. The van der Waals surface area contributed by atoms with Gasteiger partial charge in [0.25, 0.3) is 5.91 Å². The molecule has 102 valence electrons. The van der Waals surface area contributed by atoms with Crippen molar-refractivity contribution in [3.05, 3.63) is 23.8 Å². The summed E-state index contributed by atoms with van der Waals surface area (Å²) in [7, 11) is 0. The van der Waals surface area contributed by atoms with Gasteiger partial charge in [-0.2, -0.15) is 0 Å². The predicted octanol–water partition coefficient (Wildman–Crippen LogP) is 2.80. The Hall–Kier alpha value is -1.84. The molecule has 0 radical (unpaired) electrons. The van der Waals surface area contributed by atoms with Crippen LogP contribution in [-0.4, -0.2) is 24.8 Å². The molecular weight excluding hydrogens is 242 g/mol. The minimum absolute atomic E-state index is 0.00525. The highest BCUT2D eigenvalue weighted by molar-refractivity contribution is 6.01. The van der Waals surface area contributed by atoms with Gasteiger partial charge in [0.15, 0.2) is 12.4 Å². The molecule has 19 heavy (non-hydrogen) atoms. The third-order valence-corrected chi connectivity index (χ3v) is 3.29. The molecule has 4 nitrogen and oxygen atoms in total. The van der Waals surface area contributed by atoms with Gasteiger partial charge in [-0.15, -0.1) is 0 Å². The summed E-state index contributed by atoms with van der Waals surface area (Å²) in [5.74, 6) is 0.639. The summed E-state index contributed by atoms with van der Waals surface area (Å²) < 4.78 is 5.40. The van der Waals surface area contributed by atoms with E-state index in [1.54, 1.807) is 23.1 Å². The number of amides is 1. The molecule has 0 aromatic heterocycles. The van der Waals surface area contributed by atoms with E-state index in [-0.39, 0.29) is 18.3 Å². The molecule has 2 rings (SSSR count). The molecule has 1 aromatic carbocycles. The number of anilines is 1. The lowest BCUT2D eigenvalue weighted by atomic mass is 10.1. The summed E-state index contributed by atoms with van der Waals surface area (Å²) in [6.07, 6.45) is 3.16. The summed E-state index contributed by atoms with van der Waals surface area (Å²) >= 11 is 0. The largest absolute Gasteiger partial charge is 0.482 e. The molecule has 0 unspecified atom stereocenters. The Morgan fingerprint density at radius 1 is 1.37 bits per heavy atom. The van der Waals surface area contributed by atoms with Crippen molar-refractivity contribution in [2.45, 2.75) is 33.1 Å². The van der Waals surface area contributed by atoms with Gasteiger partial charge in [-0.3, -0.25) is 9.59 Å². The Kier molecular flexibility index (Phi) is 4.20. The van der Waals surface area contributed by atoms with Crippen LogP contribution in [0.4, 0.5) is 5.69 Å². The molecule has 1 aromatic rings. The lowest BCUT2D eigenvalue weighted by Gasteiger charge is -2.29. The van der Waals surface area contributed by atoms with Gasteiger partial charge in [-0.05, 0) is 31.5 Å². The van der Waals surface area contributed by atoms with Gasteiger partial charge in [0.2, 0.25) is 0 Å². The number of benzene rings is 1. The van der Waals surface area contributed by atoms with E-state index in [4.69, 9.17) is 4.74 Å². The van der Waals surface area contributed by atoms with Crippen LogP contribution >= 0.6 is 0 Å². The molecule has 0 saturated carbocycles. The molecule has 0 spiro atoms. The first-order chi connectivity index (χ1) is 9.13. The summed E-state index contributed by atoms with van der Waals surface area (Å²) in [6, 6.07) is 5.26. The first kappa shape index (κ1) is 13.6. The molecule has 0 saturated heterocycles. The highest BCUT2D eigenvalue weighted by Gasteiger charge is 2.25. The molecule has 0 N–H and O–H groups in total. The van der Waals surface area contributed by atoms with E-state index in [2.05, 4.69) is 6.92 Å². The van der Waals surface area contributed by atoms with Crippen molar-refractivity contribution in [3.8, 4) is 5.75 Å². The second-order valence-corrected chi connectivity index (χ2v) is 4.78. The molecule has 1 amide bonds. The maximum absolute atomic E-state index is 11.9. The highest BCUT2D eigenvalue weighted by atomic mass is 16.5. The van der Waals surface area contributed by atoms with Crippen LogP contribution in [0.25, 0.3) is 0 Å². The molecule has 0 atom stereocenters. The first-order valence-electron chi connectivity index (χ1n) is 6.71. The SMILES string of the molecule is CCCCCN1C(=O)COc2ccc(C(C)=O)cc21. The molecule has 1 aliphatic heterocycles. The summed E-state index contributed by atoms with van der Waals surface area (Å²) in [5, 5.41) is 0. The van der Waals surface area contributed by atoms with Gasteiger partial charge in [-0.25, -0.2) is 0 Å². The van der Waals surface area contributed by atoms with E-state index >= 15 is 0 Å². The van der Waals surface area contributed by atoms with Gasteiger partial charge >= 0.3 is 0 Å². The molecule has 0 aliphatic carbocycles. The summed E-state index contributed by atoms with van der Waals surface area (Å²) in [4.78, 5) is 25.1. The Labute approximate surface area is 113 Å². The normalized spacial score (nSPS) is 14.0. The molecule has 1 heterocycles. The predicted molar refractivity (Wildman–Crippen MR) is 73.8 cm³/mol. The quantitative estimate of drug-likeness (QED) is 0.605. The number of ether oxygens (including phenoxy) is 1. The minimum Gasteiger partial charge on any atom is -0.482 e. The number of ketones is 1. The Bertz CT molecular complexity index is 496. The fourth-order valence-corrected chi connectivity index (χ4v) is 2.19.